The first-order valence-electron chi connectivity index (χ1n) is 4.12. The van der Waals surface area contributed by atoms with E-state index in [4.69, 9.17) is 0 Å². The van der Waals surface area contributed by atoms with E-state index in [1.807, 2.05) is 31.2 Å². The van der Waals surface area contributed by atoms with Gasteiger partial charge in [0.2, 0.25) is 0 Å². The second-order valence-electron chi connectivity index (χ2n) is 2.87. The lowest BCUT2D eigenvalue weighted by Gasteiger charge is -1.98. The summed E-state index contributed by atoms with van der Waals surface area (Å²) in [6.07, 6.45) is 4.58. The van der Waals surface area contributed by atoms with E-state index in [-0.39, 0.29) is 0 Å². The van der Waals surface area contributed by atoms with Crippen LogP contribution in [0.2, 0.25) is 0 Å². The van der Waals surface area contributed by atoms with Crippen molar-refractivity contribution in [1.29, 1.82) is 0 Å². The average molecular weight is 169 g/mol. The van der Waals surface area contributed by atoms with Crippen LogP contribution >= 0.6 is 0 Å². The molecule has 0 aromatic carbocycles. The fourth-order valence-corrected chi connectivity index (χ4v) is 1.15. The van der Waals surface area contributed by atoms with Crippen molar-refractivity contribution < 1.29 is 0 Å². The lowest BCUT2D eigenvalue weighted by Crippen LogP contribution is -1.86. The minimum Gasteiger partial charge on any atom is -0.255 e. The minimum absolute atomic E-state index is 0.867. The van der Waals surface area contributed by atoms with E-state index in [9.17, 15) is 0 Å². The minimum atomic E-state index is 0.867. The maximum absolute atomic E-state index is 4.23. The molecular weight excluding hydrogens is 160 g/mol. The number of nitrogens with zero attached hydrogens (tertiary/aromatic N) is 2. The lowest BCUT2D eigenvalue weighted by molar-refractivity contribution is 1.22. The van der Waals surface area contributed by atoms with Crippen LogP contribution in [0, 0.1) is 13.1 Å². The zero-order valence-corrected chi connectivity index (χ0v) is 7.36. The van der Waals surface area contributed by atoms with Crippen LogP contribution in [0.4, 0.5) is 0 Å². The lowest BCUT2D eigenvalue weighted by atomic mass is 10.2. The number of hydrogen-bond acceptors (Lipinski definition) is 2. The van der Waals surface area contributed by atoms with Crippen molar-refractivity contribution >= 4 is 0 Å². The Bertz CT molecular complexity index is 396. The van der Waals surface area contributed by atoms with Crippen LogP contribution in [0.25, 0.3) is 11.4 Å². The summed E-state index contributed by atoms with van der Waals surface area (Å²) in [5.74, 6) is 0. The predicted octanol–water partition coefficient (Wildman–Crippen LogP) is 2.25. The Hall–Kier alpha value is -1.70. The molecule has 0 bridgehead atoms. The van der Waals surface area contributed by atoms with Gasteiger partial charge in [-0.15, -0.1) is 0 Å². The van der Waals surface area contributed by atoms with Gasteiger partial charge < -0.3 is 0 Å². The zero-order chi connectivity index (χ0) is 9.10. The summed E-state index contributed by atoms with van der Waals surface area (Å²) in [5.41, 5.74) is 2.96. The molecule has 0 aliphatic rings. The number of aromatic nitrogens is 2. The van der Waals surface area contributed by atoms with E-state index in [0.717, 1.165) is 11.4 Å². The molecule has 0 fully saturated rings. The Kier molecular flexibility index (Phi) is 2.04. The van der Waals surface area contributed by atoms with Crippen molar-refractivity contribution in [3.63, 3.8) is 0 Å². The Balaban J connectivity index is 2.48. The summed E-state index contributed by atoms with van der Waals surface area (Å²) in [6, 6.07) is 9.59. The van der Waals surface area contributed by atoms with Crippen LogP contribution < -0.4 is 0 Å². The highest BCUT2D eigenvalue weighted by molar-refractivity contribution is 5.53. The monoisotopic (exact) mass is 169 g/mol. The summed E-state index contributed by atoms with van der Waals surface area (Å²) in [4.78, 5) is 8.33. The molecule has 0 spiro atoms. The Morgan fingerprint density at radius 3 is 2.85 bits per heavy atom. The molecule has 2 heterocycles. The number of rotatable bonds is 1. The molecule has 0 saturated carbocycles. The molecule has 0 saturated heterocycles. The predicted molar refractivity (Wildman–Crippen MR) is 51.0 cm³/mol. The van der Waals surface area contributed by atoms with Crippen molar-refractivity contribution in [2.75, 3.05) is 0 Å². The molecule has 2 aromatic rings. The van der Waals surface area contributed by atoms with Gasteiger partial charge in [-0.3, -0.25) is 4.98 Å². The standard InChI is InChI=1S/C11H9N2/c1-9-5-7-13-11(8-9)10-4-2-3-6-12-10/h2-5,7-8H,1H3. The van der Waals surface area contributed by atoms with E-state index in [0.29, 0.717) is 0 Å². The van der Waals surface area contributed by atoms with Gasteiger partial charge in [0.25, 0.3) is 0 Å². The molecule has 0 aliphatic heterocycles. The van der Waals surface area contributed by atoms with Gasteiger partial charge in [-0.2, -0.15) is 0 Å². The summed E-state index contributed by atoms with van der Waals surface area (Å²) >= 11 is 0. The fourth-order valence-electron chi connectivity index (χ4n) is 1.15. The van der Waals surface area contributed by atoms with Gasteiger partial charge in [0.1, 0.15) is 0 Å². The first-order valence-corrected chi connectivity index (χ1v) is 4.12. The Labute approximate surface area is 77.3 Å². The summed E-state index contributed by atoms with van der Waals surface area (Å²) in [7, 11) is 0. The van der Waals surface area contributed by atoms with Gasteiger partial charge in [0.05, 0.1) is 17.6 Å². The summed E-state index contributed by atoms with van der Waals surface area (Å²) < 4.78 is 0. The SMILES string of the molecule is Cc1ccnc(-c2ccc[c]n2)c1. The largest absolute Gasteiger partial charge is 0.255 e. The molecule has 2 heteroatoms. The van der Waals surface area contributed by atoms with Crippen molar-refractivity contribution in [3.8, 4) is 11.4 Å². The average Bonchev–Trinajstić information content (AvgIpc) is 2.19. The smallest absolute Gasteiger partial charge is 0.0894 e. The molecule has 13 heavy (non-hydrogen) atoms. The van der Waals surface area contributed by atoms with Gasteiger partial charge in [-0.1, -0.05) is 6.07 Å². The molecule has 63 valence electrons. The third-order valence-corrected chi connectivity index (χ3v) is 1.79. The molecule has 0 unspecified atom stereocenters. The van der Waals surface area contributed by atoms with Gasteiger partial charge in [-0.25, -0.2) is 4.98 Å². The molecule has 2 aromatic heterocycles. The number of aryl methyl sites for hydroxylation is 1. The van der Waals surface area contributed by atoms with Crippen LogP contribution in [0.3, 0.4) is 0 Å². The number of pyridine rings is 2. The molecular formula is C11H9N2. The Morgan fingerprint density at radius 1 is 1.23 bits per heavy atom. The molecule has 0 N–H and O–H groups in total. The second kappa shape index (κ2) is 3.35. The molecule has 0 amide bonds. The van der Waals surface area contributed by atoms with E-state index >= 15 is 0 Å². The van der Waals surface area contributed by atoms with E-state index in [1.54, 1.807) is 12.3 Å². The van der Waals surface area contributed by atoms with Gasteiger partial charge >= 0.3 is 0 Å². The van der Waals surface area contributed by atoms with Crippen LogP contribution in [0.1, 0.15) is 5.56 Å². The van der Waals surface area contributed by atoms with Gasteiger partial charge in [0, 0.05) is 6.20 Å². The Morgan fingerprint density at radius 2 is 2.15 bits per heavy atom. The number of hydrogen-bond donors (Lipinski definition) is 0. The summed E-state index contributed by atoms with van der Waals surface area (Å²) in [6.45, 7) is 2.04. The van der Waals surface area contributed by atoms with Crippen LogP contribution in [0.15, 0.2) is 36.5 Å². The summed E-state index contributed by atoms with van der Waals surface area (Å²) in [5, 5.41) is 0. The van der Waals surface area contributed by atoms with Gasteiger partial charge in [-0.05, 0) is 36.8 Å². The maximum Gasteiger partial charge on any atom is 0.0894 e. The second-order valence-corrected chi connectivity index (χ2v) is 2.87. The third kappa shape index (κ3) is 1.72. The first-order chi connectivity index (χ1) is 6.36. The molecule has 2 rings (SSSR count). The topological polar surface area (TPSA) is 25.8 Å². The van der Waals surface area contributed by atoms with E-state index < -0.39 is 0 Å². The van der Waals surface area contributed by atoms with Crippen LogP contribution in [0.5, 0.6) is 0 Å². The highest BCUT2D eigenvalue weighted by Gasteiger charge is 1.98. The highest BCUT2D eigenvalue weighted by atomic mass is 14.7. The van der Waals surface area contributed by atoms with Crippen LogP contribution in [-0.2, 0) is 0 Å². The first kappa shape index (κ1) is 7.92. The maximum atomic E-state index is 4.23. The highest BCUT2D eigenvalue weighted by Crippen LogP contribution is 2.13. The molecule has 0 atom stereocenters. The van der Waals surface area contributed by atoms with Crippen molar-refractivity contribution in [1.82, 2.24) is 9.97 Å². The normalized spacial score (nSPS) is 9.92. The van der Waals surface area contributed by atoms with Crippen molar-refractivity contribution in [2.45, 2.75) is 6.92 Å². The molecule has 1 radical (unpaired) electrons. The molecule has 0 aliphatic carbocycles. The van der Waals surface area contributed by atoms with E-state index in [2.05, 4.69) is 16.2 Å². The van der Waals surface area contributed by atoms with Gasteiger partial charge in [0.15, 0.2) is 0 Å². The quantitative estimate of drug-likeness (QED) is 0.654. The van der Waals surface area contributed by atoms with Crippen LogP contribution in [-0.4, -0.2) is 9.97 Å². The molecule has 2 nitrogen and oxygen atoms in total. The third-order valence-electron chi connectivity index (χ3n) is 1.79. The van der Waals surface area contributed by atoms with Crippen molar-refractivity contribution in [3.05, 3.63) is 48.3 Å². The zero-order valence-electron chi connectivity index (χ0n) is 7.36. The fraction of sp³-hybridized carbons (Fsp3) is 0.0909. The van der Waals surface area contributed by atoms with Crippen molar-refractivity contribution in [2.24, 2.45) is 0 Å². The van der Waals surface area contributed by atoms with E-state index in [1.165, 1.54) is 5.56 Å².